The van der Waals surface area contributed by atoms with Crippen molar-refractivity contribution in [2.45, 2.75) is 31.5 Å². The van der Waals surface area contributed by atoms with Crippen LogP contribution in [0.2, 0.25) is 0 Å². The largest absolute Gasteiger partial charge is 0.490 e. The van der Waals surface area contributed by atoms with E-state index in [2.05, 4.69) is 0 Å². The van der Waals surface area contributed by atoms with E-state index < -0.39 is 17.7 Å². The number of halogens is 3. The molecule has 1 saturated carbocycles. The molecule has 28 heavy (non-hydrogen) atoms. The third-order valence-corrected chi connectivity index (χ3v) is 4.52. The number of carbonyl (C=O) groups is 1. The number of allylic oxidation sites excluding steroid dienone is 2. The molecule has 0 atom stereocenters. The van der Waals surface area contributed by atoms with Gasteiger partial charge in [0.1, 0.15) is 5.75 Å². The molecule has 146 valence electrons. The second kappa shape index (κ2) is 8.33. The van der Waals surface area contributed by atoms with Gasteiger partial charge in [-0.2, -0.15) is 13.2 Å². The Hall–Kier alpha value is -3.02. The van der Waals surface area contributed by atoms with E-state index in [1.165, 1.54) is 18.2 Å². The average Bonchev–Trinajstić information content (AvgIpc) is 2.61. The van der Waals surface area contributed by atoms with Crippen molar-refractivity contribution in [3.8, 4) is 5.75 Å². The second-order valence-corrected chi connectivity index (χ2v) is 6.55. The molecule has 6 heteroatoms. The van der Waals surface area contributed by atoms with Crippen molar-refractivity contribution in [2.24, 2.45) is 0 Å². The van der Waals surface area contributed by atoms with Gasteiger partial charge in [-0.1, -0.05) is 36.4 Å². The molecule has 0 saturated heterocycles. The molecule has 3 rings (SSSR count). The van der Waals surface area contributed by atoms with Gasteiger partial charge in [0.05, 0.1) is 11.7 Å². The van der Waals surface area contributed by atoms with E-state index in [4.69, 9.17) is 9.84 Å². The first-order valence-electron chi connectivity index (χ1n) is 8.89. The zero-order chi connectivity index (χ0) is 20.1. The molecule has 0 bridgehead atoms. The Bertz CT molecular complexity index is 892. The lowest BCUT2D eigenvalue weighted by Crippen LogP contribution is -2.24. The molecule has 1 aliphatic carbocycles. The molecule has 3 nitrogen and oxygen atoms in total. The number of rotatable bonds is 6. The quantitative estimate of drug-likeness (QED) is 0.509. The molecule has 0 spiro atoms. The van der Waals surface area contributed by atoms with Gasteiger partial charge >= 0.3 is 12.1 Å². The van der Waals surface area contributed by atoms with Crippen LogP contribution in [0.15, 0.2) is 66.8 Å². The van der Waals surface area contributed by atoms with Gasteiger partial charge in [0.2, 0.25) is 0 Å². The fourth-order valence-corrected chi connectivity index (χ4v) is 2.84. The van der Waals surface area contributed by atoms with Gasteiger partial charge in [0, 0.05) is 6.08 Å². The monoisotopic (exact) mass is 388 g/mol. The number of ether oxygens (including phenoxy) is 1. The van der Waals surface area contributed by atoms with Crippen LogP contribution in [0.5, 0.6) is 5.75 Å². The number of hydrogen-bond donors (Lipinski definition) is 1. The molecule has 1 aliphatic rings. The van der Waals surface area contributed by atoms with Crippen LogP contribution in [0, 0.1) is 0 Å². The van der Waals surface area contributed by atoms with E-state index in [0.29, 0.717) is 16.9 Å². The molecule has 1 fully saturated rings. The van der Waals surface area contributed by atoms with Gasteiger partial charge < -0.3 is 9.84 Å². The molecule has 0 aliphatic heterocycles. The molecule has 1 N–H and O–H groups in total. The van der Waals surface area contributed by atoms with Crippen LogP contribution in [0.4, 0.5) is 13.2 Å². The minimum absolute atomic E-state index is 0.195. The summed E-state index contributed by atoms with van der Waals surface area (Å²) >= 11 is 0. The molecule has 0 aromatic heterocycles. The van der Waals surface area contributed by atoms with Crippen molar-refractivity contribution >= 4 is 11.5 Å². The Kier molecular flexibility index (Phi) is 5.87. The number of carboxylic acids is 1. The van der Waals surface area contributed by atoms with Crippen LogP contribution in [0.1, 0.15) is 36.0 Å². The Morgan fingerprint density at radius 1 is 1.07 bits per heavy atom. The SMILES string of the molecule is O=C(O)/C=C/C=C(/c1ccc(C(F)(F)F)cc1)c1cccc(OC2CCC2)c1. The summed E-state index contributed by atoms with van der Waals surface area (Å²) in [6, 6.07) is 12.0. The maximum atomic E-state index is 12.8. The Morgan fingerprint density at radius 3 is 2.36 bits per heavy atom. The Morgan fingerprint density at radius 2 is 1.79 bits per heavy atom. The van der Waals surface area contributed by atoms with Crippen LogP contribution in [-0.2, 0) is 11.0 Å². The summed E-state index contributed by atoms with van der Waals surface area (Å²) in [7, 11) is 0. The molecule has 0 radical (unpaired) electrons. The lowest BCUT2D eigenvalue weighted by Gasteiger charge is -2.26. The van der Waals surface area contributed by atoms with Gasteiger partial charge in [-0.3, -0.25) is 0 Å². The van der Waals surface area contributed by atoms with Crippen LogP contribution in [0.25, 0.3) is 5.57 Å². The maximum absolute atomic E-state index is 12.8. The standard InChI is InChI=1S/C22H19F3O3/c23-22(24,25)17-12-10-15(11-13-17)20(8-3-9-21(26)27)16-4-1-7-19(14-16)28-18-5-2-6-18/h1,3-4,7-14,18H,2,5-6H2,(H,26,27)/b9-3+,20-8-. The summed E-state index contributed by atoms with van der Waals surface area (Å²) < 4.78 is 44.4. The molecule has 0 amide bonds. The topological polar surface area (TPSA) is 46.5 Å². The number of benzene rings is 2. The lowest BCUT2D eigenvalue weighted by molar-refractivity contribution is -0.137. The van der Waals surface area contributed by atoms with Crippen LogP contribution >= 0.6 is 0 Å². The lowest BCUT2D eigenvalue weighted by atomic mass is 9.95. The average molecular weight is 388 g/mol. The highest BCUT2D eigenvalue weighted by atomic mass is 19.4. The Balaban J connectivity index is 1.95. The van der Waals surface area contributed by atoms with Gasteiger partial charge in [-0.25, -0.2) is 4.79 Å². The van der Waals surface area contributed by atoms with Gasteiger partial charge in [-0.05, 0) is 60.2 Å². The van der Waals surface area contributed by atoms with Crippen molar-refractivity contribution in [3.05, 3.63) is 83.4 Å². The molecule has 2 aromatic rings. The molecular weight excluding hydrogens is 369 g/mol. The summed E-state index contributed by atoms with van der Waals surface area (Å²) in [4.78, 5) is 10.8. The van der Waals surface area contributed by atoms with Gasteiger partial charge in [0.25, 0.3) is 0 Å². The third kappa shape index (κ3) is 5.03. The normalized spacial score (nSPS) is 15.5. The highest BCUT2D eigenvalue weighted by molar-refractivity contribution is 5.84. The summed E-state index contributed by atoms with van der Waals surface area (Å²) in [5.41, 5.74) is 1.14. The van der Waals surface area contributed by atoms with Crippen molar-refractivity contribution in [2.75, 3.05) is 0 Å². The van der Waals surface area contributed by atoms with Crippen LogP contribution in [0.3, 0.4) is 0 Å². The van der Waals surface area contributed by atoms with E-state index in [0.717, 1.165) is 43.0 Å². The maximum Gasteiger partial charge on any atom is 0.416 e. The first-order valence-corrected chi connectivity index (χ1v) is 8.89. The minimum Gasteiger partial charge on any atom is -0.490 e. The van der Waals surface area contributed by atoms with E-state index in [9.17, 15) is 18.0 Å². The fraction of sp³-hybridized carbons (Fsp3) is 0.227. The van der Waals surface area contributed by atoms with E-state index >= 15 is 0 Å². The van der Waals surface area contributed by atoms with E-state index in [1.54, 1.807) is 6.08 Å². The van der Waals surface area contributed by atoms with Gasteiger partial charge in [-0.15, -0.1) is 0 Å². The zero-order valence-electron chi connectivity index (χ0n) is 14.9. The summed E-state index contributed by atoms with van der Waals surface area (Å²) in [5, 5.41) is 8.81. The smallest absolute Gasteiger partial charge is 0.416 e. The zero-order valence-corrected chi connectivity index (χ0v) is 14.9. The van der Waals surface area contributed by atoms with Crippen molar-refractivity contribution in [1.82, 2.24) is 0 Å². The first kappa shape index (κ1) is 19.7. The van der Waals surface area contributed by atoms with E-state index in [1.807, 2.05) is 24.3 Å². The predicted octanol–water partition coefficient (Wildman–Crippen LogP) is 5.71. The van der Waals surface area contributed by atoms with E-state index in [-0.39, 0.29) is 6.10 Å². The van der Waals surface area contributed by atoms with Crippen molar-refractivity contribution < 1.29 is 27.8 Å². The summed E-state index contributed by atoms with van der Waals surface area (Å²) in [6.45, 7) is 0. The minimum atomic E-state index is -4.41. The number of alkyl halides is 3. The third-order valence-electron chi connectivity index (χ3n) is 4.52. The summed E-state index contributed by atoms with van der Waals surface area (Å²) in [5.74, 6) is -0.424. The van der Waals surface area contributed by atoms with Crippen LogP contribution < -0.4 is 4.74 Å². The number of aliphatic carboxylic acids is 1. The first-order chi connectivity index (χ1) is 13.3. The van der Waals surface area contributed by atoms with Crippen LogP contribution in [-0.4, -0.2) is 17.2 Å². The van der Waals surface area contributed by atoms with Gasteiger partial charge in [0.15, 0.2) is 0 Å². The number of carboxylic acid groups (broad SMARTS) is 1. The Labute approximate surface area is 160 Å². The second-order valence-electron chi connectivity index (χ2n) is 6.55. The van der Waals surface area contributed by atoms with Crippen molar-refractivity contribution in [3.63, 3.8) is 0 Å². The number of hydrogen-bond acceptors (Lipinski definition) is 2. The molecular formula is C22H19F3O3. The molecule has 0 heterocycles. The highest BCUT2D eigenvalue weighted by Gasteiger charge is 2.30. The predicted molar refractivity (Wildman–Crippen MR) is 100 cm³/mol. The fourth-order valence-electron chi connectivity index (χ4n) is 2.84. The highest BCUT2D eigenvalue weighted by Crippen LogP contribution is 2.33. The molecule has 2 aromatic carbocycles. The van der Waals surface area contributed by atoms with Crippen molar-refractivity contribution in [1.29, 1.82) is 0 Å². The molecule has 0 unspecified atom stereocenters. The summed E-state index contributed by atoms with van der Waals surface area (Å²) in [6.07, 6.45) is 2.83.